The maximum absolute atomic E-state index is 12.3. The van der Waals surface area contributed by atoms with Crippen molar-refractivity contribution in [3.8, 4) is 12.3 Å². The number of terminal acetylenes is 1. The van der Waals surface area contributed by atoms with Gasteiger partial charge in [-0.2, -0.15) is 0 Å². The van der Waals surface area contributed by atoms with E-state index in [9.17, 15) is 4.79 Å². The van der Waals surface area contributed by atoms with Crippen molar-refractivity contribution in [2.75, 3.05) is 13.2 Å². The molecule has 3 nitrogen and oxygen atoms in total. The van der Waals surface area contributed by atoms with Crippen LogP contribution in [0.1, 0.15) is 31.4 Å². The molecule has 0 spiro atoms. The highest BCUT2D eigenvalue weighted by Crippen LogP contribution is 2.27. The summed E-state index contributed by atoms with van der Waals surface area (Å²) in [5.74, 6) is 2.24. The van der Waals surface area contributed by atoms with Crippen LogP contribution in [-0.4, -0.2) is 19.1 Å². The smallest absolute Gasteiger partial charge is 0.331 e. The second-order valence-electron chi connectivity index (χ2n) is 4.40. The summed E-state index contributed by atoms with van der Waals surface area (Å²) in [6.45, 7) is 6.43. The van der Waals surface area contributed by atoms with E-state index in [2.05, 4.69) is 11.2 Å². The van der Waals surface area contributed by atoms with Gasteiger partial charge in [-0.15, -0.1) is 6.42 Å². The molecule has 1 N–H and O–H groups in total. The van der Waals surface area contributed by atoms with Crippen LogP contribution in [0.15, 0.2) is 24.3 Å². The molecule has 0 aliphatic rings. The van der Waals surface area contributed by atoms with E-state index in [1.165, 1.54) is 0 Å². The molecular formula is C16H21NO2. The molecule has 0 saturated carbocycles. The third-order valence-electron chi connectivity index (χ3n) is 3.19. The van der Waals surface area contributed by atoms with Crippen molar-refractivity contribution in [3.63, 3.8) is 0 Å². The van der Waals surface area contributed by atoms with Crippen LogP contribution in [0.4, 0.5) is 0 Å². The molecule has 3 heteroatoms. The van der Waals surface area contributed by atoms with Crippen LogP contribution in [-0.2, 0) is 15.1 Å². The molecular weight excluding hydrogens is 238 g/mol. The first-order valence-electron chi connectivity index (χ1n) is 6.53. The monoisotopic (exact) mass is 259 g/mol. The van der Waals surface area contributed by atoms with Crippen LogP contribution in [0, 0.1) is 19.3 Å². The second kappa shape index (κ2) is 6.96. The molecule has 1 atom stereocenters. The summed E-state index contributed by atoms with van der Waals surface area (Å²) in [5, 5.41) is 3.14. The number of carbonyl (C=O) groups excluding carboxylic acids is 1. The highest BCUT2D eigenvalue weighted by atomic mass is 16.5. The fourth-order valence-electron chi connectivity index (χ4n) is 2.06. The molecule has 0 fully saturated rings. The van der Waals surface area contributed by atoms with Gasteiger partial charge in [0.25, 0.3) is 0 Å². The number of hydrogen-bond acceptors (Lipinski definition) is 3. The molecule has 19 heavy (non-hydrogen) atoms. The van der Waals surface area contributed by atoms with E-state index in [4.69, 9.17) is 11.2 Å². The van der Waals surface area contributed by atoms with Crippen LogP contribution in [0.5, 0.6) is 0 Å². The summed E-state index contributed by atoms with van der Waals surface area (Å²) < 4.78 is 5.21. The standard InChI is InChI=1S/C16H21NO2/c1-5-12-17-16(6-2,15(18)19-7-3)14-10-8-13(4)9-11-14/h1,8-11,17H,6-7,12H2,2-4H3. The van der Waals surface area contributed by atoms with Gasteiger partial charge in [-0.1, -0.05) is 42.7 Å². The first-order chi connectivity index (χ1) is 9.10. The minimum absolute atomic E-state index is 0.281. The third kappa shape index (κ3) is 3.36. The molecule has 0 radical (unpaired) electrons. The maximum Gasteiger partial charge on any atom is 0.331 e. The van der Waals surface area contributed by atoms with Crippen molar-refractivity contribution < 1.29 is 9.53 Å². The van der Waals surface area contributed by atoms with Crippen molar-refractivity contribution in [1.82, 2.24) is 5.32 Å². The number of rotatable bonds is 6. The van der Waals surface area contributed by atoms with E-state index in [-0.39, 0.29) is 5.97 Å². The highest BCUT2D eigenvalue weighted by molar-refractivity contribution is 5.82. The van der Waals surface area contributed by atoms with Crippen molar-refractivity contribution >= 4 is 5.97 Å². The molecule has 0 aromatic heterocycles. The second-order valence-corrected chi connectivity index (χ2v) is 4.40. The van der Waals surface area contributed by atoms with Gasteiger partial charge < -0.3 is 4.74 Å². The SMILES string of the molecule is C#CCNC(CC)(C(=O)OCC)c1ccc(C)cc1. The van der Waals surface area contributed by atoms with Crippen LogP contribution in [0.3, 0.4) is 0 Å². The zero-order valence-corrected chi connectivity index (χ0v) is 11.8. The number of benzene rings is 1. The summed E-state index contributed by atoms with van der Waals surface area (Å²) in [7, 11) is 0. The third-order valence-corrected chi connectivity index (χ3v) is 3.19. The van der Waals surface area contributed by atoms with Gasteiger partial charge in [-0.05, 0) is 25.8 Å². The Bertz CT molecular complexity index is 459. The normalized spacial score (nSPS) is 13.4. The number of ether oxygens (including phenoxy) is 1. The first kappa shape index (κ1) is 15.3. The zero-order valence-electron chi connectivity index (χ0n) is 11.8. The van der Waals surface area contributed by atoms with Gasteiger partial charge >= 0.3 is 5.97 Å². The lowest BCUT2D eigenvalue weighted by Gasteiger charge is -2.31. The first-order valence-corrected chi connectivity index (χ1v) is 6.53. The molecule has 0 aliphatic carbocycles. The molecule has 0 bridgehead atoms. The zero-order chi connectivity index (χ0) is 14.3. The summed E-state index contributed by atoms with van der Waals surface area (Å²) in [6, 6.07) is 7.85. The lowest BCUT2D eigenvalue weighted by molar-refractivity contribution is -0.151. The Kier molecular flexibility index (Phi) is 5.59. The van der Waals surface area contributed by atoms with Crippen LogP contribution >= 0.6 is 0 Å². The van der Waals surface area contributed by atoms with Crippen LogP contribution in [0.25, 0.3) is 0 Å². The lowest BCUT2D eigenvalue weighted by Crippen LogP contribution is -2.50. The van der Waals surface area contributed by atoms with E-state index in [0.29, 0.717) is 19.6 Å². The van der Waals surface area contributed by atoms with E-state index >= 15 is 0 Å². The van der Waals surface area contributed by atoms with Crippen LogP contribution in [0.2, 0.25) is 0 Å². The highest BCUT2D eigenvalue weighted by Gasteiger charge is 2.39. The van der Waals surface area contributed by atoms with Gasteiger partial charge in [0.1, 0.15) is 5.54 Å². The molecule has 0 aliphatic heterocycles. The minimum Gasteiger partial charge on any atom is -0.464 e. The van der Waals surface area contributed by atoms with Crippen molar-refractivity contribution in [3.05, 3.63) is 35.4 Å². The summed E-state index contributed by atoms with van der Waals surface area (Å²) in [5.41, 5.74) is 1.17. The summed E-state index contributed by atoms with van der Waals surface area (Å²) in [6.07, 6.45) is 5.88. The average Bonchev–Trinajstić information content (AvgIpc) is 2.42. The maximum atomic E-state index is 12.3. The van der Waals surface area contributed by atoms with E-state index < -0.39 is 5.54 Å². The molecule has 0 amide bonds. The molecule has 1 rings (SSSR count). The Morgan fingerprint density at radius 1 is 1.37 bits per heavy atom. The van der Waals surface area contributed by atoms with Gasteiger partial charge in [0.15, 0.2) is 0 Å². The van der Waals surface area contributed by atoms with Gasteiger partial charge in [-0.25, -0.2) is 4.79 Å². The number of esters is 1. The van der Waals surface area contributed by atoms with Crippen molar-refractivity contribution in [2.24, 2.45) is 0 Å². The minimum atomic E-state index is -0.865. The lowest BCUT2D eigenvalue weighted by atomic mass is 9.86. The van der Waals surface area contributed by atoms with Crippen molar-refractivity contribution in [1.29, 1.82) is 0 Å². The number of nitrogens with one attached hydrogen (secondary N) is 1. The molecule has 102 valence electrons. The largest absolute Gasteiger partial charge is 0.464 e. The molecule has 1 aromatic carbocycles. The Morgan fingerprint density at radius 2 is 2.00 bits per heavy atom. The summed E-state index contributed by atoms with van der Waals surface area (Å²) >= 11 is 0. The quantitative estimate of drug-likeness (QED) is 0.629. The average molecular weight is 259 g/mol. The van der Waals surface area contributed by atoms with Gasteiger partial charge in [0, 0.05) is 0 Å². The fourth-order valence-corrected chi connectivity index (χ4v) is 2.06. The molecule has 1 unspecified atom stereocenters. The number of aryl methyl sites for hydroxylation is 1. The van der Waals surface area contributed by atoms with Crippen molar-refractivity contribution in [2.45, 2.75) is 32.7 Å². The molecule has 0 heterocycles. The molecule has 0 saturated heterocycles. The Balaban J connectivity index is 3.19. The predicted octanol–water partition coefficient (Wildman–Crippen LogP) is 2.39. The molecule has 1 aromatic rings. The number of hydrogen-bond donors (Lipinski definition) is 1. The summed E-state index contributed by atoms with van der Waals surface area (Å²) in [4.78, 5) is 12.3. The van der Waals surface area contributed by atoms with E-state index in [1.54, 1.807) is 6.92 Å². The van der Waals surface area contributed by atoms with E-state index in [1.807, 2.05) is 38.1 Å². The van der Waals surface area contributed by atoms with Crippen LogP contribution < -0.4 is 5.32 Å². The Morgan fingerprint density at radius 3 is 2.47 bits per heavy atom. The Labute approximate surface area is 115 Å². The predicted molar refractivity (Wildman–Crippen MR) is 76.6 cm³/mol. The van der Waals surface area contributed by atoms with Gasteiger partial charge in [0.2, 0.25) is 0 Å². The Hall–Kier alpha value is -1.79. The fraction of sp³-hybridized carbons (Fsp3) is 0.438. The van der Waals surface area contributed by atoms with E-state index in [0.717, 1.165) is 11.1 Å². The van der Waals surface area contributed by atoms with Gasteiger partial charge in [0.05, 0.1) is 13.2 Å². The topological polar surface area (TPSA) is 38.3 Å². The number of carbonyl (C=O) groups is 1. The van der Waals surface area contributed by atoms with Gasteiger partial charge in [-0.3, -0.25) is 5.32 Å².